The van der Waals surface area contributed by atoms with E-state index in [0.717, 1.165) is 12.0 Å². The van der Waals surface area contributed by atoms with E-state index in [1.807, 2.05) is 0 Å². The molecule has 74 valence electrons. The molecule has 0 aliphatic rings. The molecule has 2 rings (SSSR count). The highest BCUT2D eigenvalue weighted by Crippen LogP contribution is 2.30. The van der Waals surface area contributed by atoms with Crippen LogP contribution < -0.4 is 0 Å². The number of aliphatic hydroxyl groups excluding tert-OH is 1. The molecule has 0 bridgehead atoms. The van der Waals surface area contributed by atoms with Gasteiger partial charge in [-0.05, 0) is 46.9 Å². The van der Waals surface area contributed by atoms with Gasteiger partial charge in [0.05, 0.1) is 6.61 Å². The van der Waals surface area contributed by atoms with Crippen molar-refractivity contribution in [1.29, 1.82) is 0 Å². The summed E-state index contributed by atoms with van der Waals surface area (Å²) in [5.41, 5.74) is 3.68. The summed E-state index contributed by atoms with van der Waals surface area (Å²) in [6.07, 6.45) is 1.06. The van der Waals surface area contributed by atoms with Gasteiger partial charge in [-0.3, -0.25) is 0 Å². The first kappa shape index (κ1) is 9.69. The predicted molar refractivity (Wildman–Crippen MR) is 61.9 cm³/mol. The second-order valence-corrected chi connectivity index (χ2v) is 4.44. The van der Waals surface area contributed by atoms with Gasteiger partial charge < -0.3 is 5.11 Å². The van der Waals surface area contributed by atoms with Gasteiger partial charge in [-0.25, -0.2) is 0 Å². The van der Waals surface area contributed by atoms with Crippen LogP contribution in [-0.4, -0.2) is 5.11 Å². The Balaban J connectivity index is 2.73. The Morgan fingerprint density at radius 3 is 2.79 bits per heavy atom. The largest absolute Gasteiger partial charge is 0.392 e. The van der Waals surface area contributed by atoms with Crippen molar-refractivity contribution in [3.05, 3.63) is 34.2 Å². The highest BCUT2D eigenvalue weighted by Gasteiger charge is 2.06. The highest BCUT2D eigenvalue weighted by atomic mass is 32.1. The quantitative estimate of drug-likeness (QED) is 0.799. The predicted octanol–water partition coefficient (Wildman–Crippen LogP) is 3.26. The molecular weight excluding hydrogens is 192 g/mol. The molecule has 0 aliphatic heterocycles. The molecule has 0 radical (unpaired) electrons. The van der Waals surface area contributed by atoms with Gasteiger partial charge in [0.2, 0.25) is 0 Å². The molecule has 0 unspecified atom stereocenters. The van der Waals surface area contributed by atoms with Crippen LogP contribution in [0.1, 0.15) is 23.6 Å². The molecule has 1 N–H and O–H groups in total. The van der Waals surface area contributed by atoms with Crippen LogP contribution in [0.4, 0.5) is 0 Å². The smallest absolute Gasteiger partial charge is 0.0682 e. The number of hydrogen-bond acceptors (Lipinski definition) is 2. The van der Waals surface area contributed by atoms with Crippen LogP contribution in [0.25, 0.3) is 10.1 Å². The van der Waals surface area contributed by atoms with Crippen molar-refractivity contribution in [1.82, 2.24) is 0 Å². The monoisotopic (exact) mass is 206 g/mol. The van der Waals surface area contributed by atoms with Gasteiger partial charge in [-0.15, -0.1) is 11.3 Å². The Bertz CT molecular complexity index is 457. The van der Waals surface area contributed by atoms with Gasteiger partial charge in [0.1, 0.15) is 0 Å². The van der Waals surface area contributed by atoms with Crippen LogP contribution in [0.15, 0.2) is 17.5 Å². The van der Waals surface area contributed by atoms with Crippen LogP contribution in [0.5, 0.6) is 0 Å². The lowest BCUT2D eigenvalue weighted by Gasteiger charge is -2.02. The van der Waals surface area contributed by atoms with E-state index in [1.165, 1.54) is 21.2 Å². The summed E-state index contributed by atoms with van der Waals surface area (Å²) >= 11 is 1.80. The number of fused-ring (bicyclic) bond motifs is 1. The molecule has 1 aromatic carbocycles. The van der Waals surface area contributed by atoms with Crippen molar-refractivity contribution in [2.75, 3.05) is 0 Å². The third kappa shape index (κ3) is 1.45. The van der Waals surface area contributed by atoms with E-state index in [4.69, 9.17) is 5.11 Å². The van der Waals surface area contributed by atoms with E-state index in [9.17, 15) is 0 Å². The molecule has 1 nitrogen and oxygen atoms in total. The second-order valence-electron chi connectivity index (χ2n) is 3.56. The topological polar surface area (TPSA) is 20.2 Å². The van der Waals surface area contributed by atoms with Crippen molar-refractivity contribution in [2.24, 2.45) is 0 Å². The molecule has 1 heterocycles. The van der Waals surface area contributed by atoms with E-state index in [1.54, 1.807) is 11.3 Å². The van der Waals surface area contributed by atoms with Gasteiger partial charge in [0.25, 0.3) is 0 Å². The molecule has 0 saturated heterocycles. The fraction of sp³-hybridized carbons (Fsp3) is 0.333. The Hall–Kier alpha value is -0.860. The van der Waals surface area contributed by atoms with E-state index in [0.29, 0.717) is 0 Å². The molecule has 0 aliphatic carbocycles. The SMILES string of the molecule is CCc1csc2c(C)cc(CO)cc12. The molecule has 1 aromatic heterocycles. The zero-order chi connectivity index (χ0) is 10.1. The van der Waals surface area contributed by atoms with Crippen LogP contribution in [-0.2, 0) is 13.0 Å². The lowest BCUT2D eigenvalue weighted by Crippen LogP contribution is -1.86. The summed E-state index contributed by atoms with van der Waals surface area (Å²) < 4.78 is 1.36. The molecule has 2 aromatic rings. The number of thiophene rings is 1. The summed E-state index contributed by atoms with van der Waals surface area (Å²) in [4.78, 5) is 0. The number of benzene rings is 1. The van der Waals surface area contributed by atoms with Crippen molar-refractivity contribution in [3.8, 4) is 0 Å². The van der Waals surface area contributed by atoms with Crippen molar-refractivity contribution < 1.29 is 5.11 Å². The molecule has 14 heavy (non-hydrogen) atoms. The summed E-state index contributed by atoms with van der Waals surface area (Å²) in [5, 5.41) is 12.7. The Morgan fingerprint density at radius 1 is 1.36 bits per heavy atom. The van der Waals surface area contributed by atoms with E-state index in [-0.39, 0.29) is 6.61 Å². The third-order valence-electron chi connectivity index (χ3n) is 2.56. The summed E-state index contributed by atoms with van der Waals surface area (Å²) in [7, 11) is 0. The molecule has 0 saturated carbocycles. The number of hydrogen-bond donors (Lipinski definition) is 1. The van der Waals surface area contributed by atoms with Gasteiger partial charge in [0.15, 0.2) is 0 Å². The summed E-state index contributed by atoms with van der Waals surface area (Å²) in [6, 6.07) is 4.18. The molecule has 0 atom stereocenters. The second kappa shape index (κ2) is 3.71. The minimum absolute atomic E-state index is 0.135. The number of rotatable bonds is 2. The van der Waals surface area contributed by atoms with E-state index in [2.05, 4.69) is 31.4 Å². The van der Waals surface area contributed by atoms with Gasteiger partial charge in [0, 0.05) is 4.70 Å². The lowest BCUT2D eigenvalue weighted by molar-refractivity contribution is 0.282. The Labute approximate surface area is 88.0 Å². The van der Waals surface area contributed by atoms with E-state index < -0.39 is 0 Å². The van der Waals surface area contributed by atoms with Crippen LogP contribution >= 0.6 is 11.3 Å². The Morgan fingerprint density at radius 2 is 2.14 bits per heavy atom. The molecule has 0 amide bonds. The molecule has 0 spiro atoms. The first-order valence-electron chi connectivity index (χ1n) is 4.86. The molecule has 2 heteroatoms. The minimum Gasteiger partial charge on any atom is -0.392 e. The maximum absolute atomic E-state index is 9.13. The fourth-order valence-corrected chi connectivity index (χ4v) is 2.92. The van der Waals surface area contributed by atoms with Crippen molar-refractivity contribution in [2.45, 2.75) is 26.9 Å². The van der Waals surface area contributed by atoms with Gasteiger partial charge in [-0.2, -0.15) is 0 Å². The first-order valence-corrected chi connectivity index (χ1v) is 5.74. The normalized spacial score (nSPS) is 11.1. The summed E-state index contributed by atoms with van der Waals surface area (Å²) in [6.45, 7) is 4.41. The molecule has 0 fully saturated rings. The lowest BCUT2D eigenvalue weighted by atomic mass is 10.1. The van der Waals surface area contributed by atoms with E-state index >= 15 is 0 Å². The maximum atomic E-state index is 9.13. The minimum atomic E-state index is 0.135. The zero-order valence-corrected chi connectivity index (χ0v) is 9.32. The standard InChI is InChI=1S/C12H14OS/c1-3-10-7-14-12-8(2)4-9(6-13)5-11(10)12/h4-5,7,13H,3,6H2,1-2H3. The first-order chi connectivity index (χ1) is 6.76. The van der Waals surface area contributed by atoms with Gasteiger partial charge >= 0.3 is 0 Å². The number of aliphatic hydroxyl groups is 1. The average molecular weight is 206 g/mol. The van der Waals surface area contributed by atoms with Crippen LogP contribution in [0.3, 0.4) is 0 Å². The van der Waals surface area contributed by atoms with Crippen LogP contribution in [0, 0.1) is 6.92 Å². The molecular formula is C12H14OS. The summed E-state index contributed by atoms with van der Waals surface area (Å²) in [5.74, 6) is 0. The zero-order valence-electron chi connectivity index (χ0n) is 8.50. The third-order valence-corrected chi connectivity index (χ3v) is 3.74. The van der Waals surface area contributed by atoms with Crippen molar-refractivity contribution >= 4 is 21.4 Å². The Kier molecular flexibility index (Phi) is 2.57. The van der Waals surface area contributed by atoms with Crippen molar-refractivity contribution in [3.63, 3.8) is 0 Å². The van der Waals surface area contributed by atoms with Crippen LogP contribution in [0.2, 0.25) is 0 Å². The number of aryl methyl sites for hydroxylation is 2. The maximum Gasteiger partial charge on any atom is 0.0682 e. The van der Waals surface area contributed by atoms with Gasteiger partial charge in [-0.1, -0.05) is 13.0 Å². The highest BCUT2D eigenvalue weighted by molar-refractivity contribution is 7.17. The average Bonchev–Trinajstić information content (AvgIpc) is 2.61. The fourth-order valence-electron chi connectivity index (χ4n) is 1.80.